The van der Waals surface area contributed by atoms with E-state index in [-0.39, 0.29) is 0 Å². The summed E-state index contributed by atoms with van der Waals surface area (Å²) in [6, 6.07) is 0. The van der Waals surface area contributed by atoms with Crippen molar-refractivity contribution in [2.45, 2.75) is 13.3 Å². The lowest BCUT2D eigenvalue weighted by Gasteiger charge is -2.06. The molecule has 6 heteroatoms. The van der Waals surface area contributed by atoms with E-state index >= 15 is 0 Å². The molecule has 0 saturated heterocycles. The molecule has 0 radical (unpaired) electrons. The molecule has 1 unspecified atom stereocenters. The molecule has 1 aromatic heterocycles. The predicted octanol–water partition coefficient (Wildman–Crippen LogP) is 1.09. The third-order valence-corrected chi connectivity index (χ3v) is 2.77. The molecule has 1 aromatic rings. The molecule has 0 bridgehead atoms. The Kier molecular flexibility index (Phi) is 5.77. The van der Waals surface area contributed by atoms with Crippen molar-refractivity contribution in [2.75, 3.05) is 35.7 Å². The van der Waals surface area contributed by atoms with E-state index in [0.29, 0.717) is 5.75 Å². The minimum atomic E-state index is -0.719. The van der Waals surface area contributed by atoms with E-state index in [1.807, 2.05) is 6.92 Å². The van der Waals surface area contributed by atoms with Gasteiger partial charge in [0.05, 0.1) is 12.4 Å². The van der Waals surface area contributed by atoms with E-state index in [4.69, 9.17) is 0 Å². The standard InChI is InChI=1S/C10H18N4OS/c1-3-12-9-7-11-8-10(14-9)13-5-4-6-16(2)15/h7-8H,3-6H2,1-2H3,(H2,12,13,14). The number of rotatable bonds is 7. The first-order valence-electron chi connectivity index (χ1n) is 5.32. The third kappa shape index (κ3) is 5.06. The number of aromatic nitrogens is 2. The summed E-state index contributed by atoms with van der Waals surface area (Å²) in [6.45, 7) is 3.61. The van der Waals surface area contributed by atoms with Gasteiger partial charge in [-0.05, 0) is 13.3 Å². The van der Waals surface area contributed by atoms with Crippen molar-refractivity contribution in [3.63, 3.8) is 0 Å². The van der Waals surface area contributed by atoms with E-state index in [1.54, 1.807) is 18.6 Å². The second kappa shape index (κ2) is 7.16. The van der Waals surface area contributed by atoms with Gasteiger partial charge in [-0.3, -0.25) is 9.19 Å². The number of hydrogen-bond acceptors (Lipinski definition) is 5. The summed E-state index contributed by atoms with van der Waals surface area (Å²) in [5.41, 5.74) is 0. The van der Waals surface area contributed by atoms with Crippen LogP contribution >= 0.6 is 0 Å². The van der Waals surface area contributed by atoms with E-state index in [9.17, 15) is 4.21 Å². The van der Waals surface area contributed by atoms with Gasteiger partial charge in [-0.1, -0.05) is 0 Å². The number of nitrogens with zero attached hydrogens (tertiary/aromatic N) is 2. The lowest BCUT2D eigenvalue weighted by atomic mass is 10.5. The highest BCUT2D eigenvalue weighted by molar-refractivity contribution is 7.84. The highest BCUT2D eigenvalue weighted by Crippen LogP contribution is 2.05. The van der Waals surface area contributed by atoms with E-state index < -0.39 is 10.8 Å². The van der Waals surface area contributed by atoms with Crippen LogP contribution in [0, 0.1) is 0 Å². The van der Waals surface area contributed by atoms with Crippen LogP contribution in [0.4, 0.5) is 11.6 Å². The Morgan fingerprint density at radius 2 is 2.00 bits per heavy atom. The molecule has 0 aliphatic carbocycles. The summed E-state index contributed by atoms with van der Waals surface area (Å²) in [4.78, 5) is 8.39. The zero-order valence-electron chi connectivity index (χ0n) is 9.69. The smallest absolute Gasteiger partial charge is 0.146 e. The average molecular weight is 242 g/mol. The summed E-state index contributed by atoms with van der Waals surface area (Å²) >= 11 is 0. The molecule has 90 valence electrons. The molecule has 5 nitrogen and oxygen atoms in total. The lowest BCUT2D eigenvalue weighted by Crippen LogP contribution is -2.08. The molecule has 0 aromatic carbocycles. The highest BCUT2D eigenvalue weighted by Gasteiger charge is 1.97. The molecule has 0 aliphatic heterocycles. The van der Waals surface area contributed by atoms with Crippen molar-refractivity contribution >= 4 is 22.4 Å². The largest absolute Gasteiger partial charge is 0.369 e. The molecule has 16 heavy (non-hydrogen) atoms. The Balaban J connectivity index is 2.35. The Bertz CT molecular complexity index is 345. The Labute approximate surface area is 98.5 Å². The maximum Gasteiger partial charge on any atom is 0.146 e. The van der Waals surface area contributed by atoms with Gasteiger partial charge in [-0.25, -0.2) is 4.98 Å². The highest BCUT2D eigenvalue weighted by atomic mass is 32.2. The molecular weight excluding hydrogens is 224 g/mol. The van der Waals surface area contributed by atoms with Crippen LogP contribution in [0.5, 0.6) is 0 Å². The molecule has 0 saturated carbocycles. The fourth-order valence-corrected chi connectivity index (χ4v) is 1.76. The predicted molar refractivity (Wildman–Crippen MR) is 68.2 cm³/mol. The first-order chi connectivity index (χ1) is 7.72. The van der Waals surface area contributed by atoms with Crippen LogP contribution in [0.3, 0.4) is 0 Å². The second-order valence-corrected chi connectivity index (χ2v) is 4.93. The first-order valence-corrected chi connectivity index (χ1v) is 7.05. The summed E-state index contributed by atoms with van der Waals surface area (Å²) in [5, 5.41) is 6.25. The van der Waals surface area contributed by atoms with Crippen molar-refractivity contribution in [3.8, 4) is 0 Å². The van der Waals surface area contributed by atoms with Gasteiger partial charge in [0.15, 0.2) is 0 Å². The Morgan fingerprint density at radius 1 is 1.31 bits per heavy atom. The first kappa shape index (κ1) is 12.9. The summed E-state index contributed by atoms with van der Waals surface area (Å²) in [6.07, 6.45) is 5.96. The van der Waals surface area contributed by atoms with E-state index in [2.05, 4.69) is 20.6 Å². The van der Waals surface area contributed by atoms with Crippen molar-refractivity contribution in [3.05, 3.63) is 12.4 Å². The molecule has 2 N–H and O–H groups in total. The SMILES string of the molecule is CCNc1cncc(NCCCS(C)=O)n1. The molecule has 0 aliphatic rings. The van der Waals surface area contributed by atoms with Gasteiger partial charge in [0, 0.05) is 35.9 Å². The van der Waals surface area contributed by atoms with Gasteiger partial charge < -0.3 is 10.6 Å². The maximum atomic E-state index is 10.8. The maximum absolute atomic E-state index is 10.8. The van der Waals surface area contributed by atoms with Gasteiger partial charge in [-0.15, -0.1) is 0 Å². The Morgan fingerprint density at radius 3 is 2.62 bits per heavy atom. The minimum absolute atomic E-state index is 0.716. The molecule has 1 atom stereocenters. The lowest BCUT2D eigenvalue weighted by molar-refractivity contribution is 0.685. The van der Waals surface area contributed by atoms with Crippen molar-refractivity contribution in [2.24, 2.45) is 0 Å². The zero-order chi connectivity index (χ0) is 11.8. The molecule has 0 spiro atoms. The van der Waals surface area contributed by atoms with Crippen LogP contribution in [0.15, 0.2) is 12.4 Å². The molecule has 0 fully saturated rings. The third-order valence-electron chi connectivity index (χ3n) is 1.91. The van der Waals surface area contributed by atoms with Crippen LogP contribution in [0.1, 0.15) is 13.3 Å². The van der Waals surface area contributed by atoms with E-state index in [0.717, 1.165) is 31.1 Å². The molecular formula is C10H18N4OS. The summed E-state index contributed by atoms with van der Waals surface area (Å²) in [7, 11) is -0.719. The zero-order valence-corrected chi connectivity index (χ0v) is 10.5. The van der Waals surface area contributed by atoms with E-state index in [1.165, 1.54) is 0 Å². The fraction of sp³-hybridized carbons (Fsp3) is 0.600. The average Bonchev–Trinajstić information content (AvgIpc) is 2.25. The summed E-state index contributed by atoms with van der Waals surface area (Å²) in [5.74, 6) is 2.24. The number of hydrogen-bond donors (Lipinski definition) is 2. The van der Waals surface area contributed by atoms with Gasteiger partial charge in [0.2, 0.25) is 0 Å². The molecule has 1 heterocycles. The summed E-state index contributed by atoms with van der Waals surface area (Å²) < 4.78 is 10.8. The van der Waals surface area contributed by atoms with Crippen LogP contribution in [0.25, 0.3) is 0 Å². The van der Waals surface area contributed by atoms with Gasteiger partial charge in [-0.2, -0.15) is 0 Å². The van der Waals surface area contributed by atoms with Gasteiger partial charge in [0.25, 0.3) is 0 Å². The topological polar surface area (TPSA) is 66.9 Å². The second-order valence-electron chi connectivity index (χ2n) is 3.38. The van der Waals surface area contributed by atoms with Gasteiger partial charge >= 0.3 is 0 Å². The van der Waals surface area contributed by atoms with Crippen molar-refractivity contribution in [1.29, 1.82) is 0 Å². The number of nitrogens with one attached hydrogen (secondary N) is 2. The van der Waals surface area contributed by atoms with Crippen molar-refractivity contribution in [1.82, 2.24) is 9.97 Å². The van der Waals surface area contributed by atoms with Gasteiger partial charge in [0.1, 0.15) is 11.6 Å². The Hall–Kier alpha value is -1.17. The van der Waals surface area contributed by atoms with Crippen molar-refractivity contribution < 1.29 is 4.21 Å². The molecule has 0 amide bonds. The van der Waals surface area contributed by atoms with Crippen LogP contribution < -0.4 is 10.6 Å². The van der Waals surface area contributed by atoms with Crippen LogP contribution in [-0.2, 0) is 10.8 Å². The van der Waals surface area contributed by atoms with Crippen LogP contribution in [-0.4, -0.2) is 39.3 Å². The minimum Gasteiger partial charge on any atom is -0.369 e. The monoisotopic (exact) mass is 242 g/mol. The van der Waals surface area contributed by atoms with Crippen LogP contribution in [0.2, 0.25) is 0 Å². The molecule has 1 rings (SSSR count). The normalized spacial score (nSPS) is 12.1. The fourth-order valence-electron chi connectivity index (χ4n) is 1.21. The quantitative estimate of drug-likeness (QED) is 0.701. The number of anilines is 2.